The molecule has 2 aliphatic rings. The number of nitrogens with zero attached hydrogens (tertiary/aromatic N) is 3. The molecule has 1 amide bonds. The summed E-state index contributed by atoms with van der Waals surface area (Å²) in [6.07, 6.45) is -0.613. The average Bonchev–Trinajstić information content (AvgIpc) is 3.96. The Morgan fingerprint density at radius 2 is 1.36 bits per heavy atom. The summed E-state index contributed by atoms with van der Waals surface area (Å²) in [5.41, 5.74) is 0.725. The number of H-pyrrole nitrogens is 1. The third kappa shape index (κ3) is 11.2. The zero-order chi connectivity index (χ0) is 48.7. The van der Waals surface area contributed by atoms with Gasteiger partial charge in [0.15, 0.2) is 0 Å². The highest BCUT2D eigenvalue weighted by Crippen LogP contribution is 2.44. The van der Waals surface area contributed by atoms with E-state index in [1.54, 1.807) is 58.4 Å². The molecular formula is C49H52N5O13PS. The summed E-state index contributed by atoms with van der Waals surface area (Å²) in [5.74, 6) is 1.10. The summed E-state index contributed by atoms with van der Waals surface area (Å²) in [6, 6.07) is 33.6. The molecule has 0 aliphatic carbocycles. The van der Waals surface area contributed by atoms with Crippen LogP contribution in [0.2, 0.25) is 0 Å². The molecule has 0 bridgehead atoms. The first-order chi connectivity index (χ1) is 33.4. The van der Waals surface area contributed by atoms with E-state index in [-0.39, 0.29) is 36.6 Å². The topological polar surface area (TPSA) is 224 Å². The molecule has 69 heavy (non-hydrogen) atoms. The van der Waals surface area contributed by atoms with Gasteiger partial charge in [-0.1, -0.05) is 72.8 Å². The molecule has 8 rings (SSSR count). The van der Waals surface area contributed by atoms with Crippen LogP contribution in [-0.4, -0.2) is 91.7 Å². The van der Waals surface area contributed by atoms with Crippen LogP contribution in [0.25, 0.3) is 0 Å². The largest absolute Gasteiger partial charge is 0.497 e. The zero-order valence-electron chi connectivity index (χ0n) is 38.1. The van der Waals surface area contributed by atoms with Gasteiger partial charge in [-0.15, -0.1) is 11.8 Å². The summed E-state index contributed by atoms with van der Waals surface area (Å²) in [6.45, 7) is 3.28. The SMILES string of the molecule is COc1ccc(C(OC[C@H]2O[C@@H](n3cc(C)c(=O)[nH]c3=O)C[C@@H]2SCOC[C@H]2O[C@@H](n3cc(C)c(NC(=O)c4ccccc4)nc3=O)C[C@@H]2OP(O)O)(c2ccccc2)c2ccc(OC)cc2)cc1. The molecule has 0 unspecified atom stereocenters. The summed E-state index contributed by atoms with van der Waals surface area (Å²) in [7, 11) is 0.409. The number of amides is 1. The lowest BCUT2D eigenvalue weighted by molar-refractivity contribution is -0.0767. The van der Waals surface area contributed by atoms with E-state index in [4.69, 9.17) is 32.9 Å². The maximum atomic E-state index is 13.3. The fraction of sp³-hybridized carbons (Fsp3) is 0.327. The Bertz CT molecular complexity index is 2820. The van der Waals surface area contributed by atoms with E-state index >= 15 is 0 Å². The minimum Gasteiger partial charge on any atom is -0.497 e. The Morgan fingerprint density at radius 1 is 0.783 bits per heavy atom. The average molecular weight is 982 g/mol. The molecular weight excluding hydrogens is 930 g/mol. The zero-order valence-corrected chi connectivity index (χ0v) is 39.8. The third-order valence-electron chi connectivity index (χ3n) is 12.0. The number of anilines is 1. The molecule has 0 spiro atoms. The van der Waals surface area contributed by atoms with Gasteiger partial charge in [0, 0.05) is 47.2 Å². The Morgan fingerprint density at radius 3 is 1.99 bits per heavy atom. The number of thioether (sulfide) groups is 1. The molecule has 4 heterocycles. The number of rotatable bonds is 19. The first kappa shape index (κ1) is 49.4. The number of methoxy groups -OCH3 is 2. The molecule has 362 valence electrons. The van der Waals surface area contributed by atoms with Crippen LogP contribution in [0.15, 0.2) is 136 Å². The standard InChI is InChI=1S/C49H52N5O13PS/c1-30-25-53(47(57)51-44(30)50-46(56)32-11-7-5-8-12-32)42-23-38(67-68(59)60)39(65-42)27-63-29-69-41-24-43(54-26-31(2)45(55)52-48(54)58)66-40(41)28-64-49(33-13-9-6-10-14-33,34-15-19-36(61-3)20-16-34)35-17-21-37(62-4)22-18-35/h5-22,25-26,38-43,59-60H,23-24,27-29H2,1-4H3,(H,52,55,58)(H,50,51,56,57)/t38-,39+,40+,41-,42+,43+/m0/s1. The maximum absolute atomic E-state index is 13.3. The molecule has 0 radical (unpaired) electrons. The van der Waals surface area contributed by atoms with Crippen LogP contribution in [0, 0.1) is 13.8 Å². The van der Waals surface area contributed by atoms with Gasteiger partial charge in [-0.05, 0) is 66.9 Å². The molecule has 20 heteroatoms. The second-order valence-electron chi connectivity index (χ2n) is 16.4. The molecule has 18 nitrogen and oxygen atoms in total. The fourth-order valence-electron chi connectivity index (χ4n) is 8.50. The van der Waals surface area contributed by atoms with E-state index in [0.717, 1.165) is 16.7 Å². The van der Waals surface area contributed by atoms with Crippen molar-refractivity contribution in [3.63, 3.8) is 0 Å². The van der Waals surface area contributed by atoms with Crippen molar-refractivity contribution in [1.82, 2.24) is 19.1 Å². The molecule has 2 fully saturated rings. The van der Waals surface area contributed by atoms with Crippen molar-refractivity contribution in [2.45, 2.75) is 68.3 Å². The maximum Gasteiger partial charge on any atom is 0.351 e. The molecule has 4 aromatic carbocycles. The number of benzene rings is 4. The van der Waals surface area contributed by atoms with Crippen molar-refractivity contribution in [2.24, 2.45) is 0 Å². The van der Waals surface area contributed by atoms with Crippen molar-refractivity contribution >= 4 is 32.1 Å². The first-order valence-electron chi connectivity index (χ1n) is 22.0. The molecule has 6 atom stereocenters. The first-order valence-corrected chi connectivity index (χ1v) is 24.2. The van der Waals surface area contributed by atoms with Crippen molar-refractivity contribution in [1.29, 1.82) is 0 Å². The molecule has 0 saturated carbocycles. The van der Waals surface area contributed by atoms with E-state index in [0.29, 0.717) is 34.6 Å². The van der Waals surface area contributed by atoms with Gasteiger partial charge in [0.2, 0.25) is 0 Å². The number of carbonyl (C=O) groups excluding carboxylic acids is 1. The molecule has 2 saturated heterocycles. The van der Waals surface area contributed by atoms with Gasteiger partial charge < -0.3 is 48.0 Å². The van der Waals surface area contributed by atoms with Gasteiger partial charge in [0.1, 0.15) is 41.5 Å². The van der Waals surface area contributed by atoms with Crippen LogP contribution in [0.5, 0.6) is 11.5 Å². The highest BCUT2D eigenvalue weighted by Gasteiger charge is 2.44. The number of aromatic amines is 1. The molecule has 4 N–H and O–H groups in total. The second-order valence-corrected chi connectivity index (χ2v) is 18.3. The number of ether oxygens (including phenoxy) is 6. The van der Waals surface area contributed by atoms with Crippen LogP contribution >= 0.6 is 20.4 Å². The Hall–Kier alpha value is -5.99. The summed E-state index contributed by atoms with van der Waals surface area (Å²) < 4.78 is 45.5. The highest BCUT2D eigenvalue weighted by atomic mass is 32.2. The molecule has 2 aromatic heterocycles. The van der Waals surface area contributed by atoms with E-state index in [1.807, 2.05) is 78.9 Å². The quantitative estimate of drug-likeness (QED) is 0.0319. The third-order valence-corrected chi connectivity index (χ3v) is 13.7. The van der Waals surface area contributed by atoms with E-state index < -0.39 is 67.8 Å². The van der Waals surface area contributed by atoms with Gasteiger partial charge in [-0.2, -0.15) is 4.98 Å². The lowest BCUT2D eigenvalue weighted by Crippen LogP contribution is -2.38. The lowest BCUT2D eigenvalue weighted by Gasteiger charge is -2.37. The molecule has 6 aromatic rings. The summed E-state index contributed by atoms with van der Waals surface area (Å²) >= 11 is 1.42. The highest BCUT2D eigenvalue weighted by molar-refractivity contribution is 7.99. The van der Waals surface area contributed by atoms with Crippen LogP contribution < -0.4 is 31.7 Å². The minimum absolute atomic E-state index is 0.0367. The van der Waals surface area contributed by atoms with Gasteiger partial charge in [-0.3, -0.25) is 23.7 Å². The Kier molecular flexibility index (Phi) is 15.9. The Balaban J connectivity index is 1.02. The van der Waals surface area contributed by atoms with Gasteiger partial charge >= 0.3 is 20.0 Å². The molecule has 2 aliphatic heterocycles. The van der Waals surface area contributed by atoms with E-state index in [2.05, 4.69) is 15.3 Å². The van der Waals surface area contributed by atoms with Crippen LogP contribution in [0.1, 0.15) is 63.5 Å². The predicted octanol–water partition coefficient (Wildman–Crippen LogP) is 5.94. The smallest absolute Gasteiger partial charge is 0.351 e. The fourth-order valence-corrected chi connectivity index (χ4v) is 9.99. The van der Waals surface area contributed by atoms with Crippen molar-refractivity contribution in [3.05, 3.63) is 186 Å². The number of aromatic nitrogens is 4. The Labute approximate surface area is 402 Å². The monoisotopic (exact) mass is 981 g/mol. The number of nitrogens with one attached hydrogen (secondary N) is 2. The second kappa shape index (κ2) is 22.2. The lowest BCUT2D eigenvalue weighted by atomic mass is 9.80. The van der Waals surface area contributed by atoms with Gasteiger partial charge in [-0.25, -0.2) is 9.59 Å². The van der Waals surface area contributed by atoms with Crippen molar-refractivity contribution in [2.75, 3.05) is 38.7 Å². The minimum atomic E-state index is -2.80. The van der Waals surface area contributed by atoms with Gasteiger partial charge in [0.05, 0.1) is 45.6 Å². The number of hydrogen-bond donors (Lipinski definition) is 4. The number of carbonyl (C=O) groups is 1. The summed E-state index contributed by atoms with van der Waals surface area (Å²) in [5, 5.41) is 2.36. The van der Waals surface area contributed by atoms with Crippen LogP contribution in [0.4, 0.5) is 5.82 Å². The van der Waals surface area contributed by atoms with Crippen molar-refractivity contribution < 1.29 is 47.5 Å². The number of hydrogen-bond acceptors (Lipinski definition) is 15. The van der Waals surface area contributed by atoms with E-state index in [1.165, 1.54) is 33.3 Å². The van der Waals surface area contributed by atoms with Gasteiger partial charge in [0.25, 0.3) is 11.5 Å². The van der Waals surface area contributed by atoms with E-state index in [9.17, 15) is 29.0 Å². The van der Waals surface area contributed by atoms with Crippen molar-refractivity contribution in [3.8, 4) is 11.5 Å². The normalized spacial score (nSPS) is 20.3. The van der Waals surface area contributed by atoms with Crippen LogP contribution in [0.3, 0.4) is 0 Å². The summed E-state index contributed by atoms with van der Waals surface area (Å²) in [4.78, 5) is 78.0. The number of aryl methyl sites for hydroxylation is 2. The van der Waals surface area contributed by atoms with Crippen LogP contribution in [-0.2, 0) is 29.1 Å². The predicted molar refractivity (Wildman–Crippen MR) is 257 cm³/mol.